The van der Waals surface area contributed by atoms with Crippen molar-refractivity contribution in [2.45, 2.75) is 26.2 Å². The topological polar surface area (TPSA) is 72.7 Å². The van der Waals surface area contributed by atoms with E-state index in [0.717, 1.165) is 10.4 Å². The summed E-state index contributed by atoms with van der Waals surface area (Å²) in [5, 5.41) is 7.88. The van der Waals surface area contributed by atoms with Crippen molar-refractivity contribution in [1.29, 1.82) is 0 Å². The maximum atomic E-state index is 14.0. The summed E-state index contributed by atoms with van der Waals surface area (Å²) in [6.07, 6.45) is 3.22. The van der Waals surface area contributed by atoms with Crippen LogP contribution in [0.5, 0.6) is 0 Å². The summed E-state index contributed by atoms with van der Waals surface area (Å²) in [6.45, 7) is 6.10. The number of aromatic nitrogens is 4. The minimum absolute atomic E-state index is 0.222. The first-order chi connectivity index (χ1) is 13.3. The lowest BCUT2D eigenvalue weighted by molar-refractivity contribution is 0.103. The molecule has 0 spiro atoms. The van der Waals surface area contributed by atoms with E-state index in [2.05, 4.69) is 20.4 Å². The van der Waals surface area contributed by atoms with Crippen LogP contribution in [0, 0.1) is 5.82 Å². The van der Waals surface area contributed by atoms with Gasteiger partial charge in [0.05, 0.1) is 10.6 Å². The number of nitrogens with zero attached hydrogens (tertiary/aromatic N) is 4. The molecule has 0 aliphatic rings. The third-order valence-corrected chi connectivity index (χ3v) is 5.29. The quantitative estimate of drug-likeness (QED) is 0.552. The van der Waals surface area contributed by atoms with Crippen LogP contribution in [-0.4, -0.2) is 25.7 Å². The monoisotopic (exact) mass is 395 g/mol. The highest BCUT2D eigenvalue weighted by Gasteiger charge is 2.23. The van der Waals surface area contributed by atoms with Gasteiger partial charge >= 0.3 is 0 Å². The summed E-state index contributed by atoms with van der Waals surface area (Å²) < 4.78 is 16.2. The fraction of sp³-hybridized carbons (Fsp3) is 0.200. The number of hydrogen-bond acceptors (Lipinski definition) is 5. The van der Waals surface area contributed by atoms with Crippen LogP contribution < -0.4 is 5.32 Å². The van der Waals surface area contributed by atoms with Gasteiger partial charge in [0.1, 0.15) is 11.6 Å². The van der Waals surface area contributed by atoms with Gasteiger partial charge in [0.15, 0.2) is 0 Å². The number of rotatable bonds is 3. The molecule has 0 saturated heterocycles. The van der Waals surface area contributed by atoms with Crippen LogP contribution in [0.25, 0.3) is 16.0 Å². The van der Waals surface area contributed by atoms with E-state index < -0.39 is 0 Å². The zero-order valence-corrected chi connectivity index (χ0v) is 16.4. The molecule has 4 aromatic rings. The third-order valence-electron chi connectivity index (χ3n) is 4.19. The Morgan fingerprint density at radius 3 is 2.57 bits per heavy atom. The molecule has 0 fully saturated rings. The smallest absolute Gasteiger partial charge is 0.266 e. The van der Waals surface area contributed by atoms with Gasteiger partial charge in [0.25, 0.3) is 11.9 Å². The Morgan fingerprint density at radius 2 is 1.89 bits per heavy atom. The molecule has 0 saturated carbocycles. The Morgan fingerprint density at radius 1 is 1.14 bits per heavy atom. The Balaban J connectivity index is 1.72. The molecule has 0 aliphatic carbocycles. The SMILES string of the molecule is CC(C)(C)c1cc(NC(=O)c2cc3c(F)cccc3s2)n(-c2ncccn2)n1. The molecule has 1 amide bonds. The summed E-state index contributed by atoms with van der Waals surface area (Å²) in [5.74, 6) is 0.137. The number of hydrogen-bond donors (Lipinski definition) is 1. The number of benzene rings is 1. The molecule has 0 radical (unpaired) electrons. The van der Waals surface area contributed by atoms with Gasteiger partial charge in [-0.1, -0.05) is 26.8 Å². The summed E-state index contributed by atoms with van der Waals surface area (Å²) in [5.41, 5.74) is 0.568. The van der Waals surface area contributed by atoms with Crippen molar-refractivity contribution < 1.29 is 9.18 Å². The van der Waals surface area contributed by atoms with Gasteiger partial charge in [-0.3, -0.25) is 4.79 Å². The molecule has 1 aromatic carbocycles. The van der Waals surface area contributed by atoms with Gasteiger partial charge < -0.3 is 5.32 Å². The van der Waals surface area contributed by atoms with Crippen molar-refractivity contribution >= 4 is 33.1 Å². The maximum absolute atomic E-state index is 14.0. The van der Waals surface area contributed by atoms with E-state index in [9.17, 15) is 9.18 Å². The van der Waals surface area contributed by atoms with E-state index in [4.69, 9.17) is 0 Å². The number of nitrogens with one attached hydrogen (secondary N) is 1. The van der Waals surface area contributed by atoms with Crippen LogP contribution >= 0.6 is 11.3 Å². The highest BCUT2D eigenvalue weighted by molar-refractivity contribution is 7.20. The molecule has 0 bridgehead atoms. The van der Waals surface area contributed by atoms with Gasteiger partial charge in [-0.05, 0) is 24.3 Å². The van der Waals surface area contributed by atoms with Crippen LogP contribution in [-0.2, 0) is 5.41 Å². The molecule has 0 aliphatic heterocycles. The predicted octanol–water partition coefficient (Wildman–Crippen LogP) is 4.57. The van der Waals surface area contributed by atoms with Crippen molar-refractivity contribution in [3.8, 4) is 5.95 Å². The lowest BCUT2D eigenvalue weighted by Gasteiger charge is -2.13. The van der Waals surface area contributed by atoms with Crippen LogP contribution in [0.3, 0.4) is 0 Å². The molecule has 4 rings (SSSR count). The Labute approximate surface area is 165 Å². The summed E-state index contributed by atoms with van der Waals surface area (Å²) >= 11 is 1.24. The summed E-state index contributed by atoms with van der Waals surface area (Å²) in [7, 11) is 0. The van der Waals surface area contributed by atoms with Crippen molar-refractivity contribution in [3.05, 3.63) is 65.2 Å². The number of fused-ring (bicyclic) bond motifs is 1. The molecule has 3 heterocycles. The number of amides is 1. The average molecular weight is 395 g/mol. The summed E-state index contributed by atoms with van der Waals surface area (Å²) in [4.78, 5) is 21.7. The average Bonchev–Trinajstić information content (AvgIpc) is 3.27. The molecule has 8 heteroatoms. The van der Waals surface area contributed by atoms with Gasteiger partial charge in [-0.15, -0.1) is 11.3 Å². The zero-order valence-electron chi connectivity index (χ0n) is 15.6. The Kier molecular flexibility index (Phi) is 4.43. The van der Waals surface area contributed by atoms with E-state index in [-0.39, 0.29) is 17.1 Å². The van der Waals surface area contributed by atoms with E-state index in [1.165, 1.54) is 22.1 Å². The van der Waals surface area contributed by atoms with Crippen molar-refractivity contribution in [3.63, 3.8) is 0 Å². The second-order valence-electron chi connectivity index (χ2n) is 7.34. The Hall–Kier alpha value is -3.13. The fourth-order valence-corrected chi connectivity index (χ4v) is 3.68. The Bertz CT molecular complexity index is 1160. The number of carbonyl (C=O) groups excluding carboxylic acids is 1. The van der Waals surface area contributed by atoms with Crippen LogP contribution in [0.2, 0.25) is 0 Å². The molecule has 28 heavy (non-hydrogen) atoms. The molecule has 0 atom stereocenters. The van der Waals surface area contributed by atoms with Crippen LogP contribution in [0.1, 0.15) is 36.1 Å². The van der Waals surface area contributed by atoms with E-state index in [1.807, 2.05) is 26.8 Å². The number of thiophene rings is 1. The minimum atomic E-state index is -0.342. The zero-order chi connectivity index (χ0) is 19.9. The molecular weight excluding hydrogens is 377 g/mol. The number of anilines is 1. The van der Waals surface area contributed by atoms with Crippen molar-refractivity contribution in [2.24, 2.45) is 0 Å². The lowest BCUT2D eigenvalue weighted by atomic mass is 9.92. The van der Waals surface area contributed by atoms with Crippen LogP contribution in [0.15, 0.2) is 48.8 Å². The highest BCUT2D eigenvalue weighted by atomic mass is 32.1. The van der Waals surface area contributed by atoms with E-state index in [1.54, 1.807) is 36.7 Å². The second-order valence-corrected chi connectivity index (χ2v) is 8.43. The lowest BCUT2D eigenvalue weighted by Crippen LogP contribution is -2.15. The van der Waals surface area contributed by atoms with Crippen molar-refractivity contribution in [1.82, 2.24) is 19.7 Å². The minimum Gasteiger partial charge on any atom is -0.306 e. The summed E-state index contributed by atoms with van der Waals surface area (Å²) in [6, 6.07) is 9.89. The number of halogens is 1. The first-order valence-corrected chi connectivity index (χ1v) is 9.52. The molecule has 1 N–H and O–H groups in total. The van der Waals surface area contributed by atoms with E-state index in [0.29, 0.717) is 22.0 Å². The normalized spacial score (nSPS) is 11.7. The largest absolute Gasteiger partial charge is 0.306 e. The molecule has 6 nitrogen and oxygen atoms in total. The molecule has 0 unspecified atom stereocenters. The maximum Gasteiger partial charge on any atom is 0.266 e. The first-order valence-electron chi connectivity index (χ1n) is 8.70. The molecule has 142 valence electrons. The predicted molar refractivity (Wildman–Crippen MR) is 108 cm³/mol. The molecule has 3 aromatic heterocycles. The highest BCUT2D eigenvalue weighted by Crippen LogP contribution is 2.29. The van der Waals surface area contributed by atoms with Crippen LogP contribution in [0.4, 0.5) is 10.2 Å². The van der Waals surface area contributed by atoms with Gasteiger partial charge in [-0.2, -0.15) is 9.78 Å². The number of carbonyl (C=O) groups is 1. The molecular formula is C20H18FN5OS. The van der Waals surface area contributed by atoms with Gasteiger partial charge in [0, 0.05) is 34.0 Å². The van der Waals surface area contributed by atoms with Gasteiger partial charge in [-0.25, -0.2) is 14.4 Å². The third kappa shape index (κ3) is 3.38. The first kappa shape index (κ1) is 18.2. The standard InChI is InChI=1S/C20H18FN5OS/c1-20(2,3)16-11-17(26(25-16)19-22-8-5-9-23-19)24-18(27)15-10-12-13(21)6-4-7-14(12)28-15/h4-11H,1-3H3,(H,24,27). The van der Waals surface area contributed by atoms with Gasteiger partial charge in [0.2, 0.25) is 0 Å². The van der Waals surface area contributed by atoms with E-state index >= 15 is 0 Å². The van der Waals surface area contributed by atoms with Crippen molar-refractivity contribution in [2.75, 3.05) is 5.32 Å². The fourth-order valence-electron chi connectivity index (χ4n) is 2.70. The second kappa shape index (κ2) is 6.79.